The lowest BCUT2D eigenvalue weighted by Gasteiger charge is -2.26. The highest BCUT2D eigenvalue weighted by Gasteiger charge is 2.42. The largest absolute Gasteiger partial charge is 0.339 e. The minimum Gasteiger partial charge on any atom is -0.339 e. The number of rotatable bonds is 5. The molecule has 1 aliphatic rings. The fraction of sp³-hybridized carbons (Fsp3) is 0.867. The average molecular weight is 265 g/mol. The van der Waals surface area contributed by atoms with Crippen LogP contribution in [0.5, 0.6) is 0 Å². The van der Waals surface area contributed by atoms with Crippen LogP contribution in [0.2, 0.25) is 0 Å². The van der Waals surface area contributed by atoms with Crippen LogP contribution in [0.25, 0.3) is 0 Å². The summed E-state index contributed by atoms with van der Waals surface area (Å²) in [5.74, 6) is 2.11. The molecule has 1 aromatic rings. The number of nitrogens with two attached hydrogens (primary N) is 1. The topological polar surface area (TPSA) is 64.9 Å². The predicted octanol–water partition coefficient (Wildman–Crippen LogP) is 3.51. The molecule has 4 nitrogen and oxygen atoms in total. The van der Waals surface area contributed by atoms with Crippen LogP contribution >= 0.6 is 0 Å². The van der Waals surface area contributed by atoms with Gasteiger partial charge in [0.05, 0.1) is 5.54 Å². The molecule has 19 heavy (non-hydrogen) atoms. The second-order valence-electron chi connectivity index (χ2n) is 6.78. The summed E-state index contributed by atoms with van der Waals surface area (Å²) in [4.78, 5) is 4.66. The van der Waals surface area contributed by atoms with E-state index in [-0.39, 0.29) is 5.41 Å². The van der Waals surface area contributed by atoms with Crippen LogP contribution < -0.4 is 5.73 Å². The van der Waals surface area contributed by atoms with E-state index >= 15 is 0 Å². The minimum atomic E-state index is -0.487. The molecule has 0 aliphatic heterocycles. The van der Waals surface area contributed by atoms with Crippen molar-refractivity contribution >= 4 is 0 Å². The van der Waals surface area contributed by atoms with Gasteiger partial charge in [0.15, 0.2) is 5.82 Å². The van der Waals surface area contributed by atoms with E-state index in [4.69, 9.17) is 10.3 Å². The first-order valence-corrected chi connectivity index (χ1v) is 7.53. The first kappa shape index (κ1) is 14.5. The fourth-order valence-corrected chi connectivity index (χ4v) is 3.17. The third-order valence-electron chi connectivity index (χ3n) is 4.48. The maximum atomic E-state index is 6.21. The standard InChI is InChI=1S/C15H27N3O/c1-5-14(4,16)12-17-13(19-18-12)15(10-11(2)3)8-6-7-9-15/h11H,5-10,16H2,1-4H3. The van der Waals surface area contributed by atoms with Crippen LogP contribution in [0.15, 0.2) is 4.52 Å². The minimum absolute atomic E-state index is 0.100. The van der Waals surface area contributed by atoms with Gasteiger partial charge < -0.3 is 10.3 Å². The Hall–Kier alpha value is -0.900. The van der Waals surface area contributed by atoms with Gasteiger partial charge in [0.2, 0.25) is 5.89 Å². The van der Waals surface area contributed by atoms with E-state index < -0.39 is 5.54 Å². The molecule has 1 heterocycles. The van der Waals surface area contributed by atoms with Gasteiger partial charge in [-0.15, -0.1) is 0 Å². The van der Waals surface area contributed by atoms with Crippen molar-refractivity contribution in [1.29, 1.82) is 0 Å². The van der Waals surface area contributed by atoms with E-state index in [1.807, 2.05) is 6.92 Å². The van der Waals surface area contributed by atoms with E-state index in [2.05, 4.69) is 30.9 Å². The molecule has 2 N–H and O–H groups in total. The summed E-state index contributed by atoms with van der Waals surface area (Å²) in [7, 11) is 0. The van der Waals surface area contributed by atoms with Crippen LogP contribution in [0.3, 0.4) is 0 Å². The highest BCUT2D eigenvalue weighted by atomic mass is 16.5. The van der Waals surface area contributed by atoms with Crippen molar-refractivity contribution in [1.82, 2.24) is 10.1 Å². The van der Waals surface area contributed by atoms with Gasteiger partial charge in [-0.25, -0.2) is 0 Å². The van der Waals surface area contributed by atoms with E-state index in [1.54, 1.807) is 0 Å². The van der Waals surface area contributed by atoms with Gasteiger partial charge in [-0.2, -0.15) is 4.98 Å². The van der Waals surface area contributed by atoms with Crippen LogP contribution in [-0.2, 0) is 11.0 Å². The van der Waals surface area contributed by atoms with E-state index in [0.717, 1.165) is 18.7 Å². The van der Waals surface area contributed by atoms with Crippen LogP contribution in [0.1, 0.15) is 77.9 Å². The normalized spacial score (nSPS) is 21.8. The number of nitrogens with zero attached hydrogens (tertiary/aromatic N) is 2. The third-order valence-corrected chi connectivity index (χ3v) is 4.48. The summed E-state index contributed by atoms with van der Waals surface area (Å²) < 4.78 is 5.60. The van der Waals surface area contributed by atoms with E-state index in [9.17, 15) is 0 Å². The Morgan fingerprint density at radius 2 is 2.00 bits per heavy atom. The second kappa shape index (κ2) is 5.23. The molecule has 0 spiro atoms. The SMILES string of the molecule is CCC(C)(N)c1noc(C2(CC(C)C)CCCC2)n1. The average Bonchev–Trinajstić information content (AvgIpc) is 2.96. The Balaban J connectivity index is 2.29. The molecule has 1 saturated carbocycles. The Morgan fingerprint density at radius 1 is 1.37 bits per heavy atom. The van der Waals surface area contributed by atoms with Gasteiger partial charge in [0.25, 0.3) is 0 Å². The van der Waals surface area contributed by atoms with Crippen molar-refractivity contribution in [2.75, 3.05) is 0 Å². The molecule has 1 atom stereocenters. The van der Waals surface area contributed by atoms with Gasteiger partial charge >= 0.3 is 0 Å². The first-order valence-electron chi connectivity index (χ1n) is 7.53. The van der Waals surface area contributed by atoms with Gasteiger partial charge in [0.1, 0.15) is 0 Å². The summed E-state index contributed by atoms with van der Waals surface area (Å²) in [6, 6.07) is 0. The summed E-state index contributed by atoms with van der Waals surface area (Å²) in [6.07, 6.45) is 6.79. The molecule has 0 radical (unpaired) electrons. The monoisotopic (exact) mass is 265 g/mol. The molecule has 1 unspecified atom stereocenters. The predicted molar refractivity (Wildman–Crippen MR) is 75.7 cm³/mol. The zero-order chi connectivity index (χ0) is 14.1. The molecule has 0 aromatic carbocycles. The molecule has 0 bridgehead atoms. The maximum absolute atomic E-state index is 6.21. The van der Waals surface area contributed by atoms with Gasteiger partial charge in [-0.1, -0.05) is 38.8 Å². The van der Waals surface area contributed by atoms with Crippen LogP contribution in [0.4, 0.5) is 0 Å². The molecule has 1 fully saturated rings. The zero-order valence-electron chi connectivity index (χ0n) is 12.7. The highest BCUT2D eigenvalue weighted by molar-refractivity contribution is 5.11. The Labute approximate surface area is 116 Å². The maximum Gasteiger partial charge on any atom is 0.232 e. The molecule has 0 amide bonds. The van der Waals surface area contributed by atoms with Gasteiger partial charge in [-0.05, 0) is 38.5 Å². The second-order valence-corrected chi connectivity index (χ2v) is 6.78. The lowest BCUT2D eigenvalue weighted by molar-refractivity contribution is 0.242. The lowest BCUT2D eigenvalue weighted by atomic mass is 9.78. The fourth-order valence-electron chi connectivity index (χ4n) is 3.17. The third kappa shape index (κ3) is 2.83. The van der Waals surface area contributed by atoms with Crippen molar-refractivity contribution < 1.29 is 4.52 Å². The summed E-state index contributed by atoms with van der Waals surface area (Å²) in [5.41, 5.74) is 5.82. The van der Waals surface area contributed by atoms with Crippen molar-refractivity contribution in [3.8, 4) is 0 Å². The Kier molecular flexibility index (Phi) is 4.00. The molecular formula is C15H27N3O. The molecule has 4 heteroatoms. The smallest absolute Gasteiger partial charge is 0.232 e. The van der Waals surface area contributed by atoms with Gasteiger partial charge in [-0.3, -0.25) is 0 Å². The lowest BCUT2D eigenvalue weighted by Crippen LogP contribution is -2.33. The molecule has 1 aromatic heterocycles. The van der Waals surface area contributed by atoms with E-state index in [0.29, 0.717) is 11.7 Å². The van der Waals surface area contributed by atoms with Crippen LogP contribution in [-0.4, -0.2) is 10.1 Å². The first-order chi connectivity index (χ1) is 8.89. The molecule has 2 rings (SSSR count). The molecule has 108 valence electrons. The van der Waals surface area contributed by atoms with Crippen molar-refractivity contribution in [2.24, 2.45) is 11.7 Å². The molecule has 0 saturated heterocycles. The van der Waals surface area contributed by atoms with Crippen molar-refractivity contribution in [3.05, 3.63) is 11.7 Å². The Morgan fingerprint density at radius 3 is 2.53 bits per heavy atom. The molecular weight excluding hydrogens is 238 g/mol. The van der Waals surface area contributed by atoms with Crippen molar-refractivity contribution in [2.45, 2.75) is 77.2 Å². The quantitative estimate of drug-likeness (QED) is 0.884. The number of aromatic nitrogens is 2. The summed E-state index contributed by atoms with van der Waals surface area (Å²) in [6.45, 7) is 8.54. The summed E-state index contributed by atoms with van der Waals surface area (Å²) >= 11 is 0. The number of hydrogen-bond acceptors (Lipinski definition) is 4. The Bertz CT molecular complexity index is 417. The van der Waals surface area contributed by atoms with Crippen molar-refractivity contribution in [3.63, 3.8) is 0 Å². The molecule has 1 aliphatic carbocycles. The van der Waals surface area contributed by atoms with E-state index in [1.165, 1.54) is 25.7 Å². The summed E-state index contributed by atoms with van der Waals surface area (Å²) in [5, 5.41) is 4.14. The van der Waals surface area contributed by atoms with Gasteiger partial charge in [0, 0.05) is 5.41 Å². The highest BCUT2D eigenvalue weighted by Crippen LogP contribution is 2.45. The zero-order valence-corrected chi connectivity index (χ0v) is 12.7. The number of hydrogen-bond donors (Lipinski definition) is 1. The van der Waals surface area contributed by atoms with Crippen LogP contribution in [0, 0.1) is 5.92 Å².